The van der Waals surface area contributed by atoms with Crippen LogP contribution in [-0.2, 0) is 17.9 Å². The van der Waals surface area contributed by atoms with E-state index in [9.17, 15) is 4.79 Å². The van der Waals surface area contributed by atoms with Gasteiger partial charge in [0.15, 0.2) is 0 Å². The van der Waals surface area contributed by atoms with E-state index in [2.05, 4.69) is 12.2 Å². The molecule has 1 amide bonds. The van der Waals surface area contributed by atoms with Gasteiger partial charge in [0.05, 0.1) is 31.5 Å². The van der Waals surface area contributed by atoms with Crippen LogP contribution in [0.15, 0.2) is 45.6 Å². The number of hydrogen-bond acceptors (Lipinski definition) is 4. The van der Waals surface area contributed by atoms with Gasteiger partial charge in [0.2, 0.25) is 5.91 Å². The van der Waals surface area contributed by atoms with Crippen LogP contribution in [0.25, 0.3) is 0 Å². The molecule has 1 fully saturated rings. The van der Waals surface area contributed by atoms with Crippen molar-refractivity contribution in [2.75, 3.05) is 6.54 Å². The van der Waals surface area contributed by atoms with Gasteiger partial charge >= 0.3 is 0 Å². The van der Waals surface area contributed by atoms with Gasteiger partial charge in [-0.2, -0.15) is 0 Å². The molecule has 2 atom stereocenters. The summed E-state index contributed by atoms with van der Waals surface area (Å²) in [6, 6.07) is 7.67. The Morgan fingerprint density at radius 3 is 2.29 bits per heavy atom. The van der Waals surface area contributed by atoms with Crippen LogP contribution in [0, 0.1) is 5.92 Å². The summed E-state index contributed by atoms with van der Waals surface area (Å²) in [5.41, 5.74) is 0. The van der Waals surface area contributed by atoms with Crippen molar-refractivity contribution in [1.82, 2.24) is 10.2 Å². The Bertz CT molecular complexity index is 526. The highest BCUT2D eigenvalue weighted by atomic mass is 16.3. The number of nitrogens with zero attached hydrogens (tertiary/aromatic N) is 1. The molecule has 2 unspecified atom stereocenters. The molecule has 1 aliphatic heterocycles. The zero-order valence-electron chi connectivity index (χ0n) is 12.1. The molecule has 3 heterocycles. The largest absolute Gasteiger partial charge is 0.467 e. The topological polar surface area (TPSA) is 58.6 Å². The minimum Gasteiger partial charge on any atom is -0.467 e. The summed E-state index contributed by atoms with van der Waals surface area (Å²) in [7, 11) is 0. The van der Waals surface area contributed by atoms with Crippen molar-refractivity contribution < 1.29 is 13.6 Å². The zero-order chi connectivity index (χ0) is 14.7. The fourth-order valence-corrected chi connectivity index (χ4v) is 2.82. The molecule has 1 saturated heterocycles. The molecule has 1 N–H and O–H groups in total. The first-order valence-electron chi connectivity index (χ1n) is 7.31. The number of furan rings is 2. The van der Waals surface area contributed by atoms with E-state index in [1.165, 1.54) is 0 Å². The van der Waals surface area contributed by atoms with Gasteiger partial charge in [-0.3, -0.25) is 4.79 Å². The summed E-state index contributed by atoms with van der Waals surface area (Å²) in [5, 5.41) is 3.33. The van der Waals surface area contributed by atoms with Crippen molar-refractivity contribution in [1.29, 1.82) is 0 Å². The van der Waals surface area contributed by atoms with Crippen molar-refractivity contribution >= 4 is 5.91 Å². The summed E-state index contributed by atoms with van der Waals surface area (Å²) < 4.78 is 10.8. The predicted molar refractivity (Wildman–Crippen MR) is 77.2 cm³/mol. The lowest BCUT2D eigenvalue weighted by atomic mass is 10.00. The van der Waals surface area contributed by atoms with E-state index < -0.39 is 0 Å². The van der Waals surface area contributed by atoms with Crippen LogP contribution in [0.3, 0.4) is 0 Å². The van der Waals surface area contributed by atoms with Crippen LogP contribution in [0.4, 0.5) is 0 Å². The maximum absolute atomic E-state index is 12.8. The van der Waals surface area contributed by atoms with E-state index in [1.807, 2.05) is 29.2 Å². The molecule has 5 nitrogen and oxygen atoms in total. The Kier molecular flexibility index (Phi) is 4.10. The summed E-state index contributed by atoms with van der Waals surface area (Å²) in [6.45, 7) is 3.89. The lowest BCUT2D eigenvalue weighted by Crippen LogP contribution is -2.39. The zero-order valence-corrected chi connectivity index (χ0v) is 12.1. The molecule has 0 bridgehead atoms. The first-order valence-corrected chi connectivity index (χ1v) is 7.31. The third-order valence-electron chi connectivity index (χ3n) is 4.01. The molecule has 3 rings (SSSR count). The van der Waals surface area contributed by atoms with Gasteiger partial charge in [-0.1, -0.05) is 0 Å². The van der Waals surface area contributed by atoms with Crippen molar-refractivity contribution in [2.24, 2.45) is 5.92 Å². The van der Waals surface area contributed by atoms with Gasteiger partial charge in [-0.25, -0.2) is 0 Å². The molecule has 1 aliphatic rings. The molecule has 0 spiro atoms. The molecule has 0 aliphatic carbocycles. The number of carbonyl (C=O) groups excluding carboxylic acids is 1. The highest BCUT2D eigenvalue weighted by molar-refractivity contribution is 5.79. The normalized spacial score (nSPS) is 21.6. The van der Waals surface area contributed by atoms with E-state index >= 15 is 0 Å². The van der Waals surface area contributed by atoms with Gasteiger partial charge in [0.25, 0.3) is 0 Å². The van der Waals surface area contributed by atoms with Crippen LogP contribution in [0.2, 0.25) is 0 Å². The summed E-state index contributed by atoms with van der Waals surface area (Å²) in [4.78, 5) is 14.6. The standard InChI is InChI=1S/C16H20N2O3/c1-12-15(6-7-17-12)16(19)18(10-13-4-2-8-20-13)11-14-5-3-9-21-14/h2-5,8-9,12,15,17H,6-7,10-11H2,1H3. The van der Waals surface area contributed by atoms with E-state index in [0.717, 1.165) is 24.5 Å². The number of carbonyl (C=O) groups is 1. The fraction of sp³-hybridized carbons (Fsp3) is 0.438. The predicted octanol–water partition coefficient (Wildman–Crippen LogP) is 2.40. The van der Waals surface area contributed by atoms with Crippen molar-refractivity contribution in [3.63, 3.8) is 0 Å². The van der Waals surface area contributed by atoms with E-state index in [1.54, 1.807) is 12.5 Å². The van der Waals surface area contributed by atoms with Crippen molar-refractivity contribution in [2.45, 2.75) is 32.5 Å². The average Bonchev–Trinajstić information content (AvgIpc) is 3.19. The van der Waals surface area contributed by atoms with Crippen LogP contribution in [-0.4, -0.2) is 23.4 Å². The Morgan fingerprint density at radius 2 is 1.86 bits per heavy atom. The van der Waals surface area contributed by atoms with Crippen molar-refractivity contribution in [3.8, 4) is 0 Å². The fourth-order valence-electron chi connectivity index (χ4n) is 2.82. The molecule has 5 heteroatoms. The van der Waals surface area contributed by atoms with Crippen LogP contribution >= 0.6 is 0 Å². The molecule has 2 aromatic heterocycles. The van der Waals surface area contributed by atoms with Crippen LogP contribution in [0.5, 0.6) is 0 Å². The molecule has 0 aromatic carbocycles. The van der Waals surface area contributed by atoms with Gasteiger partial charge in [-0.05, 0) is 44.2 Å². The molecular weight excluding hydrogens is 268 g/mol. The maximum Gasteiger partial charge on any atom is 0.228 e. The number of hydrogen-bond donors (Lipinski definition) is 1. The number of rotatable bonds is 5. The van der Waals surface area contributed by atoms with E-state index in [-0.39, 0.29) is 17.9 Å². The highest BCUT2D eigenvalue weighted by Gasteiger charge is 2.33. The van der Waals surface area contributed by atoms with Crippen LogP contribution in [0.1, 0.15) is 24.9 Å². The SMILES string of the molecule is CC1NCCC1C(=O)N(Cc1ccco1)Cc1ccco1. The molecule has 0 saturated carbocycles. The number of amides is 1. The molecule has 112 valence electrons. The lowest BCUT2D eigenvalue weighted by molar-refractivity contribution is -0.137. The second-order valence-corrected chi connectivity index (χ2v) is 5.49. The minimum absolute atomic E-state index is 0.0231. The van der Waals surface area contributed by atoms with Crippen molar-refractivity contribution in [3.05, 3.63) is 48.3 Å². The quantitative estimate of drug-likeness (QED) is 0.918. The molecule has 0 radical (unpaired) electrons. The first-order chi connectivity index (χ1) is 10.2. The molecule has 2 aromatic rings. The average molecular weight is 288 g/mol. The van der Waals surface area contributed by atoms with Gasteiger partial charge in [-0.15, -0.1) is 0 Å². The Balaban J connectivity index is 1.75. The first kappa shape index (κ1) is 13.9. The molecular formula is C16H20N2O3. The smallest absolute Gasteiger partial charge is 0.228 e. The Hall–Kier alpha value is -2.01. The summed E-state index contributed by atoms with van der Waals surface area (Å²) in [6.07, 6.45) is 4.14. The highest BCUT2D eigenvalue weighted by Crippen LogP contribution is 2.21. The second kappa shape index (κ2) is 6.18. The summed E-state index contributed by atoms with van der Waals surface area (Å²) in [5.74, 6) is 1.75. The van der Waals surface area contributed by atoms with E-state index in [4.69, 9.17) is 8.83 Å². The third-order valence-corrected chi connectivity index (χ3v) is 4.01. The maximum atomic E-state index is 12.8. The number of nitrogens with one attached hydrogen (secondary N) is 1. The van der Waals surface area contributed by atoms with Gasteiger partial charge in [0.1, 0.15) is 11.5 Å². The van der Waals surface area contributed by atoms with Gasteiger partial charge in [0, 0.05) is 6.04 Å². The monoisotopic (exact) mass is 288 g/mol. The molecule has 21 heavy (non-hydrogen) atoms. The second-order valence-electron chi connectivity index (χ2n) is 5.49. The van der Waals surface area contributed by atoms with Crippen LogP contribution < -0.4 is 5.32 Å². The lowest BCUT2D eigenvalue weighted by Gasteiger charge is -2.25. The Labute approximate surface area is 123 Å². The summed E-state index contributed by atoms with van der Waals surface area (Å²) >= 11 is 0. The third kappa shape index (κ3) is 3.19. The minimum atomic E-state index is 0.0231. The van der Waals surface area contributed by atoms with E-state index in [0.29, 0.717) is 13.1 Å². The van der Waals surface area contributed by atoms with Gasteiger partial charge < -0.3 is 19.1 Å². The Morgan fingerprint density at radius 1 is 1.24 bits per heavy atom.